The molecular weight excluding hydrogens is 327 g/mol. The Bertz CT molecular complexity index is 791. The van der Waals surface area contributed by atoms with Crippen LogP contribution in [-0.4, -0.2) is 18.1 Å². The molecule has 134 valence electrons. The number of benzene rings is 2. The van der Waals surface area contributed by atoms with Gasteiger partial charge in [-0.05, 0) is 60.8 Å². The second kappa shape index (κ2) is 9.68. The van der Waals surface area contributed by atoms with Gasteiger partial charge in [-0.15, -0.1) is 0 Å². The standard InChI is InChI=1S/C22H23FN2O/c23-21-10-8-19(9-11-21)20-14-18(16-25-17-20)15-24-12-4-5-13-26-22-6-2-1-3-7-22/h1-3,6-11,14,16-17,24H,4-5,12-13,15H2. The maximum absolute atomic E-state index is 13.0. The van der Waals surface area contributed by atoms with E-state index in [4.69, 9.17) is 4.74 Å². The van der Waals surface area contributed by atoms with Gasteiger partial charge in [-0.2, -0.15) is 0 Å². The Labute approximate surface area is 153 Å². The highest BCUT2D eigenvalue weighted by atomic mass is 19.1. The summed E-state index contributed by atoms with van der Waals surface area (Å²) in [6.45, 7) is 2.42. The lowest BCUT2D eigenvalue weighted by atomic mass is 10.1. The van der Waals surface area contributed by atoms with Crippen LogP contribution in [0.5, 0.6) is 5.75 Å². The van der Waals surface area contributed by atoms with Gasteiger partial charge in [-0.3, -0.25) is 4.98 Å². The normalized spacial score (nSPS) is 10.7. The number of halogens is 1. The number of para-hydroxylation sites is 1. The highest BCUT2D eigenvalue weighted by Crippen LogP contribution is 2.19. The van der Waals surface area contributed by atoms with Crippen LogP contribution in [0.1, 0.15) is 18.4 Å². The summed E-state index contributed by atoms with van der Waals surface area (Å²) in [5, 5.41) is 3.43. The van der Waals surface area contributed by atoms with Crippen molar-refractivity contribution < 1.29 is 9.13 Å². The van der Waals surface area contributed by atoms with Gasteiger partial charge in [0.1, 0.15) is 11.6 Å². The van der Waals surface area contributed by atoms with Gasteiger partial charge in [-0.25, -0.2) is 4.39 Å². The summed E-state index contributed by atoms with van der Waals surface area (Å²) >= 11 is 0. The summed E-state index contributed by atoms with van der Waals surface area (Å²) in [6, 6.07) is 18.5. The Kier molecular flexibility index (Phi) is 6.73. The maximum Gasteiger partial charge on any atom is 0.123 e. The first-order valence-corrected chi connectivity index (χ1v) is 8.90. The number of nitrogens with zero attached hydrogens (tertiary/aromatic N) is 1. The smallest absolute Gasteiger partial charge is 0.123 e. The molecular formula is C22H23FN2O. The number of unbranched alkanes of at least 4 members (excludes halogenated alkanes) is 1. The molecule has 3 rings (SSSR count). The summed E-state index contributed by atoms with van der Waals surface area (Å²) in [4.78, 5) is 4.29. The molecule has 0 amide bonds. The quantitative estimate of drug-likeness (QED) is 0.561. The number of ether oxygens (including phenoxy) is 1. The fourth-order valence-electron chi connectivity index (χ4n) is 2.68. The van der Waals surface area contributed by atoms with Gasteiger partial charge in [0.25, 0.3) is 0 Å². The molecule has 3 aromatic rings. The van der Waals surface area contributed by atoms with Gasteiger partial charge in [0, 0.05) is 24.5 Å². The molecule has 0 radical (unpaired) electrons. The van der Waals surface area contributed by atoms with Crippen molar-refractivity contribution in [2.45, 2.75) is 19.4 Å². The van der Waals surface area contributed by atoms with Crippen LogP contribution in [0, 0.1) is 5.82 Å². The molecule has 1 aromatic heterocycles. The number of hydrogen-bond donors (Lipinski definition) is 1. The molecule has 26 heavy (non-hydrogen) atoms. The van der Waals surface area contributed by atoms with Crippen molar-refractivity contribution in [1.29, 1.82) is 0 Å². The Morgan fingerprint density at radius 2 is 1.69 bits per heavy atom. The average Bonchev–Trinajstić information content (AvgIpc) is 2.69. The SMILES string of the molecule is Fc1ccc(-c2cncc(CNCCCCOc3ccccc3)c2)cc1. The summed E-state index contributed by atoms with van der Waals surface area (Å²) in [6.07, 6.45) is 5.73. The topological polar surface area (TPSA) is 34.2 Å². The molecule has 1 heterocycles. The largest absolute Gasteiger partial charge is 0.494 e. The molecule has 4 heteroatoms. The number of aromatic nitrogens is 1. The fraction of sp³-hybridized carbons (Fsp3) is 0.227. The highest BCUT2D eigenvalue weighted by molar-refractivity contribution is 5.62. The first kappa shape index (κ1) is 18.1. The van der Waals surface area contributed by atoms with Crippen LogP contribution in [0.2, 0.25) is 0 Å². The van der Waals surface area contributed by atoms with Crippen molar-refractivity contribution in [1.82, 2.24) is 10.3 Å². The van der Waals surface area contributed by atoms with E-state index >= 15 is 0 Å². The van der Waals surface area contributed by atoms with Crippen LogP contribution >= 0.6 is 0 Å². The van der Waals surface area contributed by atoms with E-state index < -0.39 is 0 Å². The van der Waals surface area contributed by atoms with E-state index in [1.165, 1.54) is 12.1 Å². The van der Waals surface area contributed by atoms with Crippen LogP contribution in [0.3, 0.4) is 0 Å². The van der Waals surface area contributed by atoms with E-state index in [-0.39, 0.29) is 5.82 Å². The van der Waals surface area contributed by atoms with Crippen molar-refractivity contribution in [3.05, 3.63) is 84.4 Å². The molecule has 0 saturated heterocycles. The van der Waals surface area contributed by atoms with Crippen LogP contribution in [0.15, 0.2) is 73.1 Å². The summed E-state index contributed by atoms with van der Waals surface area (Å²) in [5.74, 6) is 0.694. The molecule has 1 N–H and O–H groups in total. The lowest BCUT2D eigenvalue weighted by molar-refractivity contribution is 0.306. The van der Waals surface area contributed by atoms with Crippen LogP contribution in [0.25, 0.3) is 11.1 Å². The molecule has 0 bridgehead atoms. The molecule has 0 aliphatic heterocycles. The third-order valence-corrected chi connectivity index (χ3v) is 4.06. The number of pyridine rings is 1. The minimum absolute atomic E-state index is 0.226. The van der Waals surface area contributed by atoms with Crippen molar-refractivity contribution in [2.24, 2.45) is 0 Å². The second-order valence-electron chi connectivity index (χ2n) is 6.13. The molecule has 0 unspecified atom stereocenters. The third-order valence-electron chi connectivity index (χ3n) is 4.06. The molecule has 0 aliphatic rings. The van der Waals surface area contributed by atoms with E-state index in [1.807, 2.05) is 36.5 Å². The van der Waals surface area contributed by atoms with Crippen LogP contribution in [-0.2, 0) is 6.54 Å². The summed E-state index contributed by atoms with van der Waals surface area (Å²) < 4.78 is 18.7. The first-order valence-electron chi connectivity index (χ1n) is 8.90. The van der Waals surface area contributed by atoms with Gasteiger partial charge in [0.15, 0.2) is 0 Å². The van der Waals surface area contributed by atoms with E-state index in [9.17, 15) is 4.39 Å². The lowest BCUT2D eigenvalue weighted by Gasteiger charge is -2.08. The Morgan fingerprint density at radius 3 is 2.50 bits per heavy atom. The average molecular weight is 350 g/mol. The third kappa shape index (κ3) is 5.67. The lowest BCUT2D eigenvalue weighted by Crippen LogP contribution is -2.15. The summed E-state index contributed by atoms with van der Waals surface area (Å²) in [7, 11) is 0. The molecule has 2 aromatic carbocycles. The molecule has 0 aliphatic carbocycles. The van der Waals surface area contributed by atoms with Gasteiger partial charge in [0.05, 0.1) is 6.61 Å². The predicted octanol–water partition coefficient (Wildman–Crippen LogP) is 4.84. The van der Waals surface area contributed by atoms with Gasteiger partial charge in [-0.1, -0.05) is 30.3 Å². The molecule has 0 atom stereocenters. The predicted molar refractivity (Wildman–Crippen MR) is 103 cm³/mol. The van der Waals surface area contributed by atoms with E-state index in [1.54, 1.807) is 18.3 Å². The van der Waals surface area contributed by atoms with E-state index in [0.717, 1.165) is 55.0 Å². The van der Waals surface area contributed by atoms with Crippen molar-refractivity contribution in [3.63, 3.8) is 0 Å². The zero-order valence-electron chi connectivity index (χ0n) is 14.7. The monoisotopic (exact) mass is 350 g/mol. The van der Waals surface area contributed by atoms with Gasteiger partial charge < -0.3 is 10.1 Å². The zero-order chi connectivity index (χ0) is 18.0. The summed E-state index contributed by atoms with van der Waals surface area (Å²) in [5.41, 5.74) is 3.09. The van der Waals surface area contributed by atoms with E-state index in [0.29, 0.717) is 0 Å². The zero-order valence-corrected chi connectivity index (χ0v) is 14.7. The Morgan fingerprint density at radius 1 is 0.885 bits per heavy atom. The number of hydrogen-bond acceptors (Lipinski definition) is 3. The van der Waals surface area contributed by atoms with Crippen LogP contribution in [0.4, 0.5) is 4.39 Å². The molecule has 0 fully saturated rings. The maximum atomic E-state index is 13.0. The Hall–Kier alpha value is -2.72. The molecule has 0 spiro atoms. The van der Waals surface area contributed by atoms with Gasteiger partial charge in [0.2, 0.25) is 0 Å². The van der Waals surface area contributed by atoms with Crippen molar-refractivity contribution in [3.8, 4) is 16.9 Å². The minimum atomic E-state index is -0.226. The van der Waals surface area contributed by atoms with E-state index in [2.05, 4.69) is 16.4 Å². The first-order chi connectivity index (χ1) is 12.8. The molecule has 3 nitrogen and oxygen atoms in total. The van der Waals surface area contributed by atoms with Crippen LogP contribution < -0.4 is 10.1 Å². The minimum Gasteiger partial charge on any atom is -0.494 e. The van der Waals surface area contributed by atoms with Crippen molar-refractivity contribution >= 4 is 0 Å². The number of rotatable bonds is 9. The van der Waals surface area contributed by atoms with Gasteiger partial charge >= 0.3 is 0 Å². The second-order valence-corrected chi connectivity index (χ2v) is 6.13. The molecule has 0 saturated carbocycles. The highest BCUT2D eigenvalue weighted by Gasteiger charge is 2.01. The van der Waals surface area contributed by atoms with Crippen molar-refractivity contribution in [2.75, 3.05) is 13.2 Å². The fourth-order valence-corrected chi connectivity index (χ4v) is 2.68. The Balaban J connectivity index is 1.37. The number of nitrogens with one attached hydrogen (secondary N) is 1.